The molecule has 0 fully saturated rings. The van der Waals surface area contributed by atoms with Gasteiger partial charge in [0.25, 0.3) is 0 Å². The van der Waals surface area contributed by atoms with Crippen LogP contribution < -0.4 is 5.32 Å². The molecule has 0 aliphatic carbocycles. The van der Waals surface area contributed by atoms with Gasteiger partial charge in [0.15, 0.2) is 0 Å². The molecule has 0 spiro atoms. The maximum atomic E-state index is 12.4. The molecular weight excluding hydrogens is 221 g/mol. The minimum atomic E-state index is -5.93. The molecule has 0 aromatic heterocycles. The highest BCUT2D eigenvalue weighted by atomic mass is 19.4. The third-order valence-corrected chi connectivity index (χ3v) is 1.43. The van der Waals surface area contributed by atoms with Crippen LogP contribution in [0.25, 0.3) is 0 Å². The Hall–Kier alpha value is -1.32. The Bertz CT molecular complexity index is 299. The molecule has 2 nitrogen and oxygen atoms in total. The molecule has 0 atom stereocenters. The summed E-state index contributed by atoms with van der Waals surface area (Å²) in [5, 5.41) is 1.41. The van der Waals surface area contributed by atoms with Crippen molar-refractivity contribution in [3.63, 3.8) is 0 Å². The van der Waals surface area contributed by atoms with E-state index in [4.69, 9.17) is 6.42 Å². The van der Waals surface area contributed by atoms with Crippen molar-refractivity contribution in [3.05, 3.63) is 0 Å². The molecule has 0 heterocycles. The van der Waals surface area contributed by atoms with Gasteiger partial charge in [0.05, 0.1) is 5.54 Å². The molecular formula is C8H8F5NO. The Labute approximate surface area is 82.8 Å². The van der Waals surface area contributed by atoms with Crippen LogP contribution in [0, 0.1) is 12.3 Å². The van der Waals surface area contributed by atoms with Crippen molar-refractivity contribution in [2.24, 2.45) is 0 Å². The van der Waals surface area contributed by atoms with Crippen LogP contribution in [-0.2, 0) is 4.79 Å². The summed E-state index contributed by atoms with van der Waals surface area (Å²) in [6, 6.07) is 0. The molecule has 86 valence electrons. The van der Waals surface area contributed by atoms with Crippen molar-refractivity contribution >= 4 is 5.91 Å². The average Bonchev–Trinajstić information content (AvgIpc) is 2.01. The normalized spacial score (nSPS) is 13.2. The zero-order valence-corrected chi connectivity index (χ0v) is 7.88. The number of hydrogen-bond donors (Lipinski definition) is 1. The van der Waals surface area contributed by atoms with Crippen LogP contribution in [0.2, 0.25) is 0 Å². The van der Waals surface area contributed by atoms with E-state index in [0.29, 0.717) is 0 Å². The minimum absolute atomic E-state index is 1.12. The molecule has 15 heavy (non-hydrogen) atoms. The minimum Gasteiger partial charge on any atom is -0.335 e. The van der Waals surface area contributed by atoms with Crippen LogP contribution in [0.15, 0.2) is 0 Å². The quantitative estimate of drug-likeness (QED) is 0.566. The first-order valence-electron chi connectivity index (χ1n) is 3.69. The molecule has 0 rings (SSSR count). The summed E-state index contributed by atoms with van der Waals surface area (Å²) >= 11 is 0. The summed E-state index contributed by atoms with van der Waals surface area (Å²) in [4.78, 5) is 10.6. The van der Waals surface area contributed by atoms with Crippen molar-refractivity contribution < 1.29 is 26.7 Å². The number of halogens is 5. The third kappa shape index (κ3) is 3.08. The van der Waals surface area contributed by atoms with Crippen molar-refractivity contribution in [1.82, 2.24) is 5.32 Å². The van der Waals surface area contributed by atoms with Crippen LogP contribution in [-0.4, -0.2) is 23.5 Å². The molecule has 0 bridgehead atoms. The topological polar surface area (TPSA) is 29.1 Å². The summed E-state index contributed by atoms with van der Waals surface area (Å²) in [7, 11) is 0. The Morgan fingerprint density at radius 3 is 1.87 bits per heavy atom. The summed E-state index contributed by atoms with van der Waals surface area (Å²) in [5.41, 5.74) is -1.56. The maximum absolute atomic E-state index is 12.4. The number of rotatable bonds is 2. The van der Waals surface area contributed by atoms with E-state index in [2.05, 4.69) is 0 Å². The smallest absolute Gasteiger partial charge is 0.335 e. The van der Waals surface area contributed by atoms with Crippen LogP contribution in [0.4, 0.5) is 22.0 Å². The largest absolute Gasteiger partial charge is 0.463 e. The van der Waals surface area contributed by atoms with Gasteiger partial charge < -0.3 is 5.32 Å². The van der Waals surface area contributed by atoms with Crippen LogP contribution in [0.1, 0.15) is 13.8 Å². The highest BCUT2D eigenvalue weighted by molar-refractivity contribution is 5.85. The number of terminal acetylenes is 1. The Balaban J connectivity index is 4.84. The van der Waals surface area contributed by atoms with E-state index >= 15 is 0 Å². The van der Waals surface area contributed by atoms with Crippen LogP contribution >= 0.6 is 0 Å². The Kier molecular flexibility index (Phi) is 3.36. The van der Waals surface area contributed by atoms with E-state index in [1.54, 1.807) is 0 Å². The van der Waals surface area contributed by atoms with E-state index in [0.717, 1.165) is 13.8 Å². The lowest BCUT2D eigenvalue weighted by molar-refractivity contribution is -0.270. The zero-order chi connectivity index (χ0) is 12.5. The van der Waals surface area contributed by atoms with Crippen LogP contribution in [0.5, 0.6) is 0 Å². The molecule has 0 aliphatic rings. The van der Waals surface area contributed by atoms with Gasteiger partial charge in [-0.15, -0.1) is 6.42 Å². The SMILES string of the molecule is C#CC(C)(C)NC(=O)C(F)(F)C(F)(F)F. The molecule has 1 amide bonds. The van der Waals surface area contributed by atoms with Crippen molar-refractivity contribution in [2.75, 3.05) is 0 Å². The first-order chi connectivity index (χ1) is 6.44. The van der Waals surface area contributed by atoms with Gasteiger partial charge in [-0.2, -0.15) is 22.0 Å². The Morgan fingerprint density at radius 2 is 1.60 bits per heavy atom. The fourth-order valence-electron chi connectivity index (χ4n) is 0.527. The Morgan fingerprint density at radius 1 is 1.20 bits per heavy atom. The predicted octanol–water partition coefficient (Wildman–Crippen LogP) is 1.71. The zero-order valence-electron chi connectivity index (χ0n) is 7.88. The standard InChI is InChI=1S/C8H8F5NO/c1-4-6(2,3)14-5(15)7(9,10)8(11,12)13/h1H,2-3H3,(H,14,15). The maximum Gasteiger partial charge on any atom is 0.463 e. The first-order valence-corrected chi connectivity index (χ1v) is 3.69. The molecule has 0 saturated carbocycles. The second-order valence-electron chi connectivity index (χ2n) is 3.30. The van der Waals surface area contributed by atoms with Gasteiger partial charge in [-0.3, -0.25) is 4.79 Å². The van der Waals surface area contributed by atoms with Gasteiger partial charge >= 0.3 is 18.0 Å². The number of hydrogen-bond acceptors (Lipinski definition) is 1. The highest BCUT2D eigenvalue weighted by Gasteiger charge is 2.63. The third-order valence-electron chi connectivity index (χ3n) is 1.43. The number of carbonyl (C=O) groups excluding carboxylic acids is 1. The second kappa shape index (κ2) is 3.68. The van der Waals surface area contributed by atoms with Gasteiger partial charge in [0.2, 0.25) is 0 Å². The van der Waals surface area contributed by atoms with Crippen LogP contribution in [0.3, 0.4) is 0 Å². The first kappa shape index (κ1) is 13.7. The molecule has 0 saturated heterocycles. The number of carbonyl (C=O) groups is 1. The van der Waals surface area contributed by atoms with Gasteiger partial charge in [-0.25, -0.2) is 0 Å². The average molecular weight is 229 g/mol. The summed E-state index contributed by atoms with van der Waals surface area (Å²) in [6.07, 6.45) is -1.11. The van der Waals surface area contributed by atoms with E-state index < -0.39 is 23.5 Å². The van der Waals surface area contributed by atoms with E-state index in [1.165, 1.54) is 5.32 Å². The van der Waals surface area contributed by atoms with Crippen molar-refractivity contribution in [3.8, 4) is 12.3 Å². The van der Waals surface area contributed by atoms with E-state index in [9.17, 15) is 26.7 Å². The van der Waals surface area contributed by atoms with Gasteiger partial charge in [0.1, 0.15) is 0 Å². The number of alkyl halides is 5. The molecule has 7 heteroatoms. The molecule has 1 N–H and O–H groups in total. The molecule has 0 aromatic rings. The lowest BCUT2D eigenvalue weighted by Gasteiger charge is -2.24. The second-order valence-corrected chi connectivity index (χ2v) is 3.30. The monoisotopic (exact) mass is 229 g/mol. The molecule has 0 aliphatic heterocycles. The van der Waals surface area contributed by atoms with E-state index in [-0.39, 0.29) is 0 Å². The summed E-state index contributed by atoms with van der Waals surface area (Å²) in [6.45, 7) is 2.24. The highest BCUT2D eigenvalue weighted by Crippen LogP contribution is 2.35. The molecule has 0 unspecified atom stereocenters. The fourth-order valence-corrected chi connectivity index (χ4v) is 0.527. The summed E-state index contributed by atoms with van der Waals surface area (Å²) in [5.74, 6) is -6.04. The number of amides is 1. The lowest BCUT2D eigenvalue weighted by Crippen LogP contribution is -2.55. The number of nitrogens with one attached hydrogen (secondary N) is 1. The van der Waals surface area contributed by atoms with Gasteiger partial charge in [-0.1, -0.05) is 5.92 Å². The predicted molar refractivity (Wildman–Crippen MR) is 42.1 cm³/mol. The molecule has 0 radical (unpaired) electrons. The van der Waals surface area contributed by atoms with E-state index in [1.807, 2.05) is 5.92 Å². The van der Waals surface area contributed by atoms with Gasteiger partial charge in [0, 0.05) is 0 Å². The molecule has 0 aromatic carbocycles. The fraction of sp³-hybridized carbons (Fsp3) is 0.625. The van der Waals surface area contributed by atoms with Crippen molar-refractivity contribution in [1.29, 1.82) is 0 Å². The lowest BCUT2D eigenvalue weighted by atomic mass is 10.1. The summed E-state index contributed by atoms with van der Waals surface area (Å²) < 4.78 is 59.9. The van der Waals surface area contributed by atoms with Crippen molar-refractivity contribution in [2.45, 2.75) is 31.5 Å². The van der Waals surface area contributed by atoms with Gasteiger partial charge in [-0.05, 0) is 13.8 Å².